The largest absolute Gasteiger partial charge is 0.379 e. The molecule has 148 valence electrons. The van der Waals surface area contributed by atoms with E-state index in [4.69, 9.17) is 4.74 Å². The van der Waals surface area contributed by atoms with Crippen LogP contribution in [0.1, 0.15) is 11.1 Å². The topological polar surface area (TPSA) is 75.7 Å². The molecule has 1 N–H and O–H groups in total. The van der Waals surface area contributed by atoms with Crippen molar-refractivity contribution in [1.29, 1.82) is 0 Å². The lowest BCUT2D eigenvalue weighted by molar-refractivity contribution is -0.111. The summed E-state index contributed by atoms with van der Waals surface area (Å²) in [5.74, 6) is -0.909. The third kappa shape index (κ3) is 4.64. The van der Waals surface area contributed by atoms with Gasteiger partial charge in [0, 0.05) is 30.4 Å². The molecule has 2 aromatic rings. The number of hydrogen-bond donors (Lipinski definition) is 1. The number of carbonyl (C=O) groups excluding carboxylic acids is 1. The van der Waals surface area contributed by atoms with E-state index in [0.29, 0.717) is 37.6 Å². The highest BCUT2D eigenvalue weighted by Gasteiger charge is 2.26. The molecule has 1 heterocycles. The lowest BCUT2D eigenvalue weighted by Crippen LogP contribution is -2.40. The molecule has 0 atom stereocenters. The first kappa shape index (κ1) is 20.2. The average molecular weight is 404 g/mol. The van der Waals surface area contributed by atoms with E-state index in [1.807, 2.05) is 0 Å². The first-order valence-corrected chi connectivity index (χ1v) is 10.2. The lowest BCUT2D eigenvalue weighted by Gasteiger charge is -2.26. The summed E-state index contributed by atoms with van der Waals surface area (Å²) in [6.45, 7) is 3.07. The van der Waals surface area contributed by atoms with Gasteiger partial charge in [-0.25, -0.2) is 12.8 Å². The number of anilines is 1. The number of amides is 1. The molecule has 2 aromatic carbocycles. The van der Waals surface area contributed by atoms with Crippen molar-refractivity contribution in [2.45, 2.75) is 11.8 Å². The molecule has 3 rings (SSSR count). The summed E-state index contributed by atoms with van der Waals surface area (Å²) in [5.41, 5.74) is 1.39. The van der Waals surface area contributed by atoms with Crippen LogP contribution in [0.15, 0.2) is 53.4 Å². The van der Waals surface area contributed by atoms with Gasteiger partial charge >= 0.3 is 0 Å². The summed E-state index contributed by atoms with van der Waals surface area (Å²) in [7, 11) is -3.66. The minimum Gasteiger partial charge on any atom is -0.379 e. The van der Waals surface area contributed by atoms with E-state index in [9.17, 15) is 17.6 Å². The Labute approximate surface area is 163 Å². The number of hydrogen-bond acceptors (Lipinski definition) is 4. The van der Waals surface area contributed by atoms with Gasteiger partial charge in [-0.15, -0.1) is 0 Å². The average Bonchev–Trinajstić information content (AvgIpc) is 2.69. The van der Waals surface area contributed by atoms with Gasteiger partial charge in [0.05, 0.1) is 18.1 Å². The smallest absolute Gasteiger partial charge is 0.248 e. The van der Waals surface area contributed by atoms with Crippen molar-refractivity contribution in [3.05, 3.63) is 65.5 Å². The zero-order chi connectivity index (χ0) is 20.1. The number of sulfonamides is 1. The van der Waals surface area contributed by atoms with Crippen LogP contribution in [0, 0.1) is 12.7 Å². The molecular formula is C20H21FN2O4S. The molecule has 6 nitrogen and oxygen atoms in total. The Kier molecular flexibility index (Phi) is 6.23. The molecule has 0 aliphatic carbocycles. The zero-order valence-electron chi connectivity index (χ0n) is 15.4. The van der Waals surface area contributed by atoms with Crippen molar-refractivity contribution in [3.63, 3.8) is 0 Å². The van der Waals surface area contributed by atoms with Gasteiger partial charge in [0.15, 0.2) is 0 Å². The molecule has 0 bridgehead atoms. The van der Waals surface area contributed by atoms with Gasteiger partial charge in [-0.1, -0.05) is 24.3 Å². The summed E-state index contributed by atoms with van der Waals surface area (Å²) in [6.07, 6.45) is 2.58. The van der Waals surface area contributed by atoms with E-state index < -0.39 is 21.7 Å². The highest BCUT2D eigenvalue weighted by Crippen LogP contribution is 2.23. The Balaban J connectivity index is 1.78. The maximum absolute atomic E-state index is 13.6. The van der Waals surface area contributed by atoms with E-state index in [-0.39, 0.29) is 10.5 Å². The molecule has 1 aliphatic heterocycles. The number of ether oxygens (including phenoxy) is 1. The molecule has 1 fully saturated rings. The van der Waals surface area contributed by atoms with E-state index in [1.54, 1.807) is 31.2 Å². The number of carbonyl (C=O) groups is 1. The normalized spacial score (nSPS) is 15.6. The maximum Gasteiger partial charge on any atom is 0.248 e. The van der Waals surface area contributed by atoms with Crippen molar-refractivity contribution in [3.8, 4) is 0 Å². The molecular weight excluding hydrogens is 383 g/mol. The number of halogens is 1. The second kappa shape index (κ2) is 8.64. The highest BCUT2D eigenvalue weighted by molar-refractivity contribution is 7.89. The number of nitrogens with zero attached hydrogens (tertiary/aromatic N) is 1. The minimum atomic E-state index is -3.66. The first-order chi connectivity index (χ1) is 13.4. The van der Waals surface area contributed by atoms with Gasteiger partial charge < -0.3 is 10.1 Å². The van der Waals surface area contributed by atoms with Crippen LogP contribution >= 0.6 is 0 Å². The third-order valence-electron chi connectivity index (χ3n) is 4.39. The minimum absolute atomic E-state index is 0.105. The standard InChI is InChI=1S/C20H21FN2O4S/c1-15-6-8-17(28(25,26)23-10-12-27-13-11-23)14-19(15)22-20(24)9-7-16-4-2-3-5-18(16)21/h2-9,14H,10-13H2,1H3,(H,22,24)/b9-7+. The summed E-state index contributed by atoms with van der Waals surface area (Å²) >= 11 is 0. The van der Waals surface area contributed by atoms with Gasteiger partial charge in [0.25, 0.3) is 0 Å². The molecule has 0 spiro atoms. The van der Waals surface area contributed by atoms with Crippen molar-refractivity contribution in [2.24, 2.45) is 0 Å². The van der Waals surface area contributed by atoms with E-state index in [0.717, 1.165) is 0 Å². The van der Waals surface area contributed by atoms with Gasteiger partial charge in [-0.3, -0.25) is 4.79 Å². The summed E-state index contributed by atoms with van der Waals surface area (Å²) < 4.78 is 45.8. The SMILES string of the molecule is Cc1ccc(S(=O)(=O)N2CCOCC2)cc1NC(=O)/C=C/c1ccccc1F. The van der Waals surface area contributed by atoms with Crippen LogP contribution in [-0.2, 0) is 19.6 Å². The van der Waals surface area contributed by atoms with Crippen LogP contribution in [-0.4, -0.2) is 44.9 Å². The van der Waals surface area contributed by atoms with Crippen LogP contribution in [0.2, 0.25) is 0 Å². The Morgan fingerprint density at radius 3 is 2.61 bits per heavy atom. The molecule has 1 aliphatic rings. The molecule has 1 saturated heterocycles. The fourth-order valence-electron chi connectivity index (χ4n) is 2.78. The van der Waals surface area contributed by atoms with E-state index in [1.165, 1.54) is 34.7 Å². The van der Waals surface area contributed by atoms with E-state index >= 15 is 0 Å². The molecule has 8 heteroatoms. The Morgan fingerprint density at radius 2 is 1.89 bits per heavy atom. The van der Waals surface area contributed by atoms with Crippen molar-refractivity contribution >= 4 is 27.7 Å². The Hall–Kier alpha value is -2.55. The van der Waals surface area contributed by atoms with Crippen molar-refractivity contribution in [1.82, 2.24) is 4.31 Å². The van der Waals surface area contributed by atoms with Crippen molar-refractivity contribution < 1.29 is 22.3 Å². The van der Waals surface area contributed by atoms with Crippen LogP contribution in [0.5, 0.6) is 0 Å². The number of morpholine rings is 1. The van der Waals surface area contributed by atoms with Gasteiger partial charge in [-0.2, -0.15) is 4.31 Å². The lowest BCUT2D eigenvalue weighted by atomic mass is 10.2. The Morgan fingerprint density at radius 1 is 1.18 bits per heavy atom. The maximum atomic E-state index is 13.6. The first-order valence-electron chi connectivity index (χ1n) is 8.80. The van der Waals surface area contributed by atoms with Crippen molar-refractivity contribution in [2.75, 3.05) is 31.6 Å². The van der Waals surface area contributed by atoms with Crippen LogP contribution in [0.3, 0.4) is 0 Å². The predicted molar refractivity (Wildman–Crippen MR) is 105 cm³/mol. The third-order valence-corrected chi connectivity index (χ3v) is 6.29. The summed E-state index contributed by atoms with van der Waals surface area (Å²) in [5, 5.41) is 2.66. The number of rotatable bonds is 5. The molecule has 0 aromatic heterocycles. The summed E-state index contributed by atoms with van der Waals surface area (Å²) in [4.78, 5) is 12.3. The van der Waals surface area contributed by atoms with E-state index in [2.05, 4.69) is 5.32 Å². The molecule has 0 unspecified atom stereocenters. The summed E-state index contributed by atoms with van der Waals surface area (Å²) in [6, 6.07) is 10.7. The van der Waals surface area contributed by atoms with Crippen LogP contribution in [0.25, 0.3) is 6.08 Å². The molecule has 0 radical (unpaired) electrons. The predicted octanol–water partition coefficient (Wildman–Crippen LogP) is 2.81. The second-order valence-corrected chi connectivity index (χ2v) is 8.28. The van der Waals surface area contributed by atoms with Gasteiger partial charge in [0.1, 0.15) is 5.82 Å². The number of nitrogens with one attached hydrogen (secondary N) is 1. The quantitative estimate of drug-likeness (QED) is 0.778. The zero-order valence-corrected chi connectivity index (χ0v) is 16.2. The highest BCUT2D eigenvalue weighted by atomic mass is 32.2. The molecule has 1 amide bonds. The van der Waals surface area contributed by atoms with Crippen LogP contribution in [0.4, 0.5) is 10.1 Å². The van der Waals surface area contributed by atoms with Gasteiger partial charge in [-0.05, 0) is 36.8 Å². The number of benzene rings is 2. The molecule has 0 saturated carbocycles. The second-order valence-electron chi connectivity index (χ2n) is 6.34. The Bertz CT molecular complexity index is 999. The monoisotopic (exact) mass is 404 g/mol. The number of aryl methyl sites for hydroxylation is 1. The molecule has 28 heavy (non-hydrogen) atoms. The van der Waals surface area contributed by atoms with Crippen LogP contribution < -0.4 is 5.32 Å². The fraction of sp³-hybridized carbons (Fsp3) is 0.250. The fourth-order valence-corrected chi connectivity index (χ4v) is 4.22. The van der Waals surface area contributed by atoms with Gasteiger partial charge in [0.2, 0.25) is 15.9 Å².